The lowest BCUT2D eigenvalue weighted by atomic mass is 10.1. The predicted molar refractivity (Wildman–Crippen MR) is 85.6 cm³/mol. The first kappa shape index (κ1) is 16.0. The molecule has 1 aromatic carbocycles. The van der Waals surface area contributed by atoms with Crippen molar-refractivity contribution in [2.45, 2.75) is 32.2 Å². The van der Waals surface area contributed by atoms with Crippen LogP contribution in [0.2, 0.25) is 0 Å². The molecule has 0 bridgehead atoms. The molecule has 8 heteroatoms. The number of H-pyrrole nitrogens is 1. The molecule has 0 fully saturated rings. The number of aromatic amines is 1. The highest BCUT2D eigenvalue weighted by molar-refractivity contribution is 9.10. The topological polar surface area (TPSA) is 101 Å². The minimum atomic E-state index is -3.71. The Morgan fingerprint density at radius 2 is 2.00 bits per heavy atom. The molecule has 114 valence electrons. The average Bonchev–Trinajstić information content (AvgIpc) is 2.73. The second-order valence-corrected chi connectivity index (χ2v) is 7.32. The Kier molecular flexibility index (Phi) is 4.40. The molecule has 0 aliphatic heterocycles. The number of hydrogen-bond acceptors (Lipinski definition) is 4. The van der Waals surface area contributed by atoms with E-state index in [0.717, 1.165) is 5.56 Å². The minimum absolute atomic E-state index is 0.206. The number of nitrogens with two attached hydrogens (primary N) is 1. The summed E-state index contributed by atoms with van der Waals surface area (Å²) in [6.07, 6.45) is 0. The van der Waals surface area contributed by atoms with Gasteiger partial charge >= 0.3 is 0 Å². The van der Waals surface area contributed by atoms with E-state index in [0.29, 0.717) is 27.1 Å². The molecule has 0 aliphatic rings. The van der Waals surface area contributed by atoms with E-state index < -0.39 is 10.0 Å². The number of sulfonamides is 1. The molecule has 0 spiro atoms. The van der Waals surface area contributed by atoms with Crippen molar-refractivity contribution >= 4 is 31.6 Å². The highest BCUT2D eigenvalue weighted by Gasteiger charge is 2.22. The zero-order valence-corrected chi connectivity index (χ0v) is 14.4. The number of anilines is 1. The Labute approximate surface area is 132 Å². The SMILES string of the molecule is Cc1n[nH]c(C)c1NS(=O)(=O)c1cc(CN)cc(Br)c1C. The van der Waals surface area contributed by atoms with E-state index in [9.17, 15) is 8.42 Å². The largest absolute Gasteiger partial charge is 0.326 e. The van der Waals surface area contributed by atoms with E-state index in [1.54, 1.807) is 26.8 Å². The van der Waals surface area contributed by atoms with Gasteiger partial charge in [-0.05, 0) is 44.0 Å². The van der Waals surface area contributed by atoms with Crippen molar-refractivity contribution in [2.75, 3.05) is 4.72 Å². The number of aromatic nitrogens is 2. The van der Waals surface area contributed by atoms with Crippen molar-refractivity contribution in [3.63, 3.8) is 0 Å². The fourth-order valence-corrected chi connectivity index (χ4v) is 4.13. The molecule has 1 aromatic heterocycles. The monoisotopic (exact) mass is 372 g/mol. The lowest BCUT2D eigenvalue weighted by Crippen LogP contribution is -2.16. The third-order valence-electron chi connectivity index (χ3n) is 3.25. The standard InChI is InChI=1S/C13H17BrN4O2S/c1-7-11(14)4-10(6-15)5-12(7)21(19,20)18-13-8(2)16-17-9(13)3/h4-5,18H,6,15H2,1-3H3,(H,16,17). The summed E-state index contributed by atoms with van der Waals surface area (Å²) in [6.45, 7) is 5.51. The van der Waals surface area contributed by atoms with Gasteiger partial charge < -0.3 is 5.73 Å². The zero-order chi connectivity index (χ0) is 15.8. The summed E-state index contributed by atoms with van der Waals surface area (Å²) in [5, 5.41) is 6.74. The molecule has 0 unspecified atom stereocenters. The second kappa shape index (κ2) is 5.78. The molecule has 1 heterocycles. The number of hydrogen-bond donors (Lipinski definition) is 3. The van der Waals surface area contributed by atoms with E-state index in [1.807, 2.05) is 6.07 Å². The first-order valence-corrected chi connectivity index (χ1v) is 8.57. The number of benzene rings is 1. The maximum atomic E-state index is 12.6. The summed E-state index contributed by atoms with van der Waals surface area (Å²) in [5.74, 6) is 0. The van der Waals surface area contributed by atoms with Gasteiger partial charge in [-0.2, -0.15) is 5.10 Å². The van der Waals surface area contributed by atoms with Gasteiger partial charge in [-0.25, -0.2) is 8.42 Å². The molecule has 21 heavy (non-hydrogen) atoms. The molecule has 2 aromatic rings. The molecule has 0 radical (unpaired) electrons. The molecule has 0 saturated carbocycles. The van der Waals surface area contributed by atoms with Crippen molar-refractivity contribution < 1.29 is 8.42 Å². The van der Waals surface area contributed by atoms with Crippen LogP contribution < -0.4 is 10.5 Å². The number of aryl methyl sites for hydroxylation is 2. The summed E-state index contributed by atoms with van der Waals surface area (Å²) in [4.78, 5) is 0.206. The van der Waals surface area contributed by atoms with Gasteiger partial charge in [-0.1, -0.05) is 15.9 Å². The van der Waals surface area contributed by atoms with Crippen LogP contribution in [0.5, 0.6) is 0 Å². The summed E-state index contributed by atoms with van der Waals surface area (Å²) in [6, 6.07) is 3.41. The average molecular weight is 373 g/mol. The van der Waals surface area contributed by atoms with Crippen molar-refractivity contribution in [1.29, 1.82) is 0 Å². The van der Waals surface area contributed by atoms with E-state index >= 15 is 0 Å². The third-order valence-corrected chi connectivity index (χ3v) is 5.55. The van der Waals surface area contributed by atoms with E-state index in [2.05, 4.69) is 30.8 Å². The molecule has 4 N–H and O–H groups in total. The van der Waals surface area contributed by atoms with Crippen LogP contribution in [0.15, 0.2) is 21.5 Å². The van der Waals surface area contributed by atoms with Gasteiger partial charge in [0.1, 0.15) is 0 Å². The van der Waals surface area contributed by atoms with Gasteiger partial charge in [0.2, 0.25) is 0 Å². The molecular weight excluding hydrogens is 356 g/mol. The highest BCUT2D eigenvalue weighted by Crippen LogP contribution is 2.28. The molecule has 0 saturated heterocycles. The van der Waals surface area contributed by atoms with Crippen LogP contribution >= 0.6 is 15.9 Å². The molecule has 0 aliphatic carbocycles. The van der Waals surface area contributed by atoms with Gasteiger partial charge in [0.25, 0.3) is 10.0 Å². The van der Waals surface area contributed by atoms with E-state index in [1.165, 1.54) is 0 Å². The molecule has 0 amide bonds. The minimum Gasteiger partial charge on any atom is -0.326 e. The van der Waals surface area contributed by atoms with Gasteiger partial charge in [0, 0.05) is 11.0 Å². The van der Waals surface area contributed by atoms with Crippen molar-refractivity contribution in [3.8, 4) is 0 Å². The summed E-state index contributed by atoms with van der Waals surface area (Å²) in [7, 11) is -3.71. The van der Waals surface area contributed by atoms with Crippen LogP contribution in [0.1, 0.15) is 22.5 Å². The number of rotatable bonds is 4. The molecular formula is C13H17BrN4O2S. The first-order chi connectivity index (χ1) is 9.76. The Morgan fingerprint density at radius 1 is 1.33 bits per heavy atom. The van der Waals surface area contributed by atoms with Crippen molar-refractivity contribution in [2.24, 2.45) is 5.73 Å². The summed E-state index contributed by atoms with van der Waals surface area (Å²) >= 11 is 3.37. The Morgan fingerprint density at radius 3 is 2.52 bits per heavy atom. The molecule has 0 atom stereocenters. The molecule has 6 nitrogen and oxygen atoms in total. The zero-order valence-electron chi connectivity index (χ0n) is 12.0. The van der Waals surface area contributed by atoms with Crippen molar-refractivity contribution in [3.05, 3.63) is 39.1 Å². The van der Waals surface area contributed by atoms with Crippen LogP contribution in [0.3, 0.4) is 0 Å². The predicted octanol–water partition coefficient (Wildman–Crippen LogP) is 2.36. The second-order valence-electron chi connectivity index (χ2n) is 4.82. The lowest BCUT2D eigenvalue weighted by Gasteiger charge is -2.13. The maximum absolute atomic E-state index is 12.6. The third kappa shape index (κ3) is 3.12. The quantitative estimate of drug-likeness (QED) is 0.766. The van der Waals surface area contributed by atoms with Gasteiger partial charge in [0.05, 0.1) is 22.0 Å². The van der Waals surface area contributed by atoms with Crippen molar-refractivity contribution in [1.82, 2.24) is 10.2 Å². The number of nitrogens with one attached hydrogen (secondary N) is 2. The van der Waals surface area contributed by atoms with E-state index in [4.69, 9.17) is 5.73 Å². The van der Waals surface area contributed by atoms with Crippen LogP contribution in [-0.2, 0) is 16.6 Å². The highest BCUT2D eigenvalue weighted by atomic mass is 79.9. The van der Waals surface area contributed by atoms with Crippen LogP contribution in [0.25, 0.3) is 0 Å². The fourth-order valence-electron chi connectivity index (χ4n) is 1.99. The lowest BCUT2D eigenvalue weighted by molar-refractivity contribution is 0.600. The maximum Gasteiger partial charge on any atom is 0.262 e. The Hall–Kier alpha value is -1.38. The number of halogens is 1. The van der Waals surface area contributed by atoms with E-state index in [-0.39, 0.29) is 11.4 Å². The normalized spacial score (nSPS) is 11.7. The van der Waals surface area contributed by atoms with Gasteiger partial charge in [-0.3, -0.25) is 9.82 Å². The van der Waals surface area contributed by atoms with Gasteiger partial charge in [-0.15, -0.1) is 0 Å². The smallest absolute Gasteiger partial charge is 0.262 e. The van der Waals surface area contributed by atoms with Gasteiger partial charge in [0.15, 0.2) is 0 Å². The number of nitrogens with zero attached hydrogens (tertiary/aromatic N) is 1. The molecule has 2 rings (SSSR count). The fraction of sp³-hybridized carbons (Fsp3) is 0.308. The van der Waals surface area contributed by atoms with Crippen LogP contribution in [0.4, 0.5) is 5.69 Å². The Bertz CT molecular complexity index is 764. The Balaban J connectivity index is 2.52. The summed E-state index contributed by atoms with van der Waals surface area (Å²) < 4.78 is 28.6. The summed E-state index contributed by atoms with van der Waals surface area (Å²) in [5.41, 5.74) is 8.74. The van der Waals surface area contributed by atoms with Crippen LogP contribution in [0, 0.1) is 20.8 Å². The first-order valence-electron chi connectivity index (χ1n) is 6.29. The van der Waals surface area contributed by atoms with Crippen LogP contribution in [-0.4, -0.2) is 18.6 Å².